The lowest BCUT2D eigenvalue weighted by atomic mass is 9.84. The summed E-state index contributed by atoms with van der Waals surface area (Å²) in [5.74, 6) is -4.01. The third-order valence-electron chi connectivity index (χ3n) is 8.99. The quantitative estimate of drug-likeness (QED) is 0.338. The highest BCUT2D eigenvalue weighted by Crippen LogP contribution is 2.34. The van der Waals surface area contributed by atoms with E-state index in [1.165, 1.54) is 12.1 Å². The van der Waals surface area contributed by atoms with Crippen LogP contribution < -0.4 is 16.0 Å². The summed E-state index contributed by atoms with van der Waals surface area (Å²) >= 11 is 0. The summed E-state index contributed by atoms with van der Waals surface area (Å²) in [6, 6.07) is 5.90. The van der Waals surface area contributed by atoms with Crippen LogP contribution in [0.5, 0.6) is 0 Å². The average Bonchev–Trinajstić information content (AvgIpc) is 3.34. The molecule has 7 atom stereocenters. The van der Waals surface area contributed by atoms with Gasteiger partial charge in [0.1, 0.15) is 23.5 Å². The largest absolute Gasteiger partial charge is 0.465 e. The summed E-state index contributed by atoms with van der Waals surface area (Å²) in [4.78, 5) is 25.6. The number of hydrogen-bond donors (Lipinski definition) is 4. The molecule has 2 aromatic carbocycles. The maximum Gasteiger partial charge on any atom is 0.405 e. The smallest absolute Gasteiger partial charge is 0.405 e. The molecule has 1 saturated carbocycles. The lowest BCUT2D eigenvalue weighted by Crippen LogP contribution is -2.57. The number of sulfonamides is 1. The van der Waals surface area contributed by atoms with E-state index in [-0.39, 0.29) is 35.4 Å². The van der Waals surface area contributed by atoms with Crippen LogP contribution in [0.3, 0.4) is 0 Å². The van der Waals surface area contributed by atoms with Crippen molar-refractivity contribution in [2.45, 2.75) is 75.0 Å². The molecule has 0 radical (unpaired) electrons. The molecule has 2 aromatic rings. The Morgan fingerprint density at radius 2 is 1.67 bits per heavy atom. The first-order valence-corrected chi connectivity index (χ1v) is 16.4. The van der Waals surface area contributed by atoms with E-state index in [4.69, 9.17) is 0 Å². The molecule has 2 bridgehead atoms. The fourth-order valence-electron chi connectivity index (χ4n) is 6.93. The molecular formula is C30H37F3N4O5S. The normalized spacial score (nSPS) is 27.9. The van der Waals surface area contributed by atoms with Gasteiger partial charge >= 0.3 is 6.09 Å². The van der Waals surface area contributed by atoms with Gasteiger partial charge in [0.2, 0.25) is 15.9 Å². The zero-order valence-corrected chi connectivity index (χ0v) is 24.5. The Bertz CT molecular complexity index is 1410. The highest BCUT2D eigenvalue weighted by Gasteiger charge is 2.40. The van der Waals surface area contributed by atoms with Gasteiger partial charge in [0.05, 0.1) is 5.75 Å². The molecule has 2 amide bonds. The second-order valence-corrected chi connectivity index (χ2v) is 13.9. The van der Waals surface area contributed by atoms with Crippen molar-refractivity contribution in [2.24, 2.45) is 5.92 Å². The number of amides is 2. The van der Waals surface area contributed by atoms with E-state index in [0.717, 1.165) is 43.5 Å². The number of carbonyl (C=O) groups is 2. The van der Waals surface area contributed by atoms with Crippen molar-refractivity contribution in [3.63, 3.8) is 0 Å². The van der Waals surface area contributed by atoms with Gasteiger partial charge in [-0.3, -0.25) is 4.79 Å². The van der Waals surface area contributed by atoms with Crippen LogP contribution in [0.1, 0.15) is 62.0 Å². The summed E-state index contributed by atoms with van der Waals surface area (Å²) in [6.45, 7) is 1.04. The Labute approximate surface area is 249 Å². The van der Waals surface area contributed by atoms with Gasteiger partial charge in [-0.1, -0.05) is 18.6 Å². The van der Waals surface area contributed by atoms with E-state index >= 15 is 0 Å². The van der Waals surface area contributed by atoms with Gasteiger partial charge in [-0.2, -0.15) is 4.31 Å². The Hall–Kier alpha value is -3.16. The van der Waals surface area contributed by atoms with Gasteiger partial charge in [0.15, 0.2) is 0 Å². The molecule has 3 fully saturated rings. The van der Waals surface area contributed by atoms with Crippen LogP contribution in [0.25, 0.3) is 0 Å². The molecule has 13 heteroatoms. The summed E-state index contributed by atoms with van der Waals surface area (Å²) in [5.41, 5.74) is 0.313. The predicted octanol–water partition coefficient (Wildman–Crippen LogP) is 3.70. The summed E-state index contributed by atoms with van der Waals surface area (Å²) in [6.07, 6.45) is 3.53. The molecule has 5 rings (SSSR count). The molecule has 4 N–H and O–H groups in total. The van der Waals surface area contributed by atoms with E-state index in [1.807, 2.05) is 0 Å². The Balaban J connectivity index is 1.34. The molecule has 9 nitrogen and oxygen atoms in total. The molecule has 1 aliphatic carbocycles. The van der Waals surface area contributed by atoms with Crippen molar-refractivity contribution in [1.82, 2.24) is 20.3 Å². The zero-order chi connectivity index (χ0) is 30.7. The molecule has 43 heavy (non-hydrogen) atoms. The monoisotopic (exact) mass is 622 g/mol. The minimum atomic E-state index is -3.33. The summed E-state index contributed by atoms with van der Waals surface area (Å²) in [7, 11) is -3.33. The second kappa shape index (κ2) is 13.2. The Kier molecular flexibility index (Phi) is 9.62. The molecule has 2 heterocycles. The van der Waals surface area contributed by atoms with Gasteiger partial charge in [0, 0.05) is 43.2 Å². The molecule has 2 aliphatic heterocycles. The van der Waals surface area contributed by atoms with Crippen LogP contribution in [-0.4, -0.2) is 72.8 Å². The molecule has 3 aliphatic rings. The molecule has 2 saturated heterocycles. The van der Waals surface area contributed by atoms with Crippen LogP contribution in [0.2, 0.25) is 0 Å². The van der Waals surface area contributed by atoms with Crippen LogP contribution in [-0.2, 0) is 14.8 Å². The van der Waals surface area contributed by atoms with Gasteiger partial charge in [-0.05, 0) is 79.8 Å². The summed E-state index contributed by atoms with van der Waals surface area (Å²) < 4.78 is 69.7. The van der Waals surface area contributed by atoms with Gasteiger partial charge < -0.3 is 21.1 Å². The van der Waals surface area contributed by atoms with Gasteiger partial charge in [0.25, 0.3) is 0 Å². The number of benzene rings is 2. The first-order valence-electron chi connectivity index (χ1n) is 14.7. The molecule has 3 unspecified atom stereocenters. The van der Waals surface area contributed by atoms with Crippen molar-refractivity contribution in [2.75, 3.05) is 18.8 Å². The number of carboxylic acid groups (broad SMARTS) is 1. The maximum absolute atomic E-state index is 14.3. The average molecular weight is 623 g/mol. The molecule has 234 valence electrons. The first kappa shape index (κ1) is 31.3. The third kappa shape index (κ3) is 7.50. The van der Waals surface area contributed by atoms with Crippen LogP contribution in [0.4, 0.5) is 18.0 Å². The number of piperazine rings is 1. The highest BCUT2D eigenvalue weighted by atomic mass is 32.2. The van der Waals surface area contributed by atoms with E-state index in [1.54, 1.807) is 4.31 Å². The topological polar surface area (TPSA) is 128 Å². The van der Waals surface area contributed by atoms with Gasteiger partial charge in [-0.15, -0.1) is 0 Å². The second-order valence-electron chi connectivity index (χ2n) is 11.8. The number of nitrogens with zero attached hydrogens (tertiary/aromatic N) is 1. The number of rotatable bonds is 9. The highest BCUT2D eigenvalue weighted by molar-refractivity contribution is 7.89. The standard InChI is InChI=1S/C30H37F3N4O5S/c31-21-9-6-19(7-10-21)27(20-13-22(32)15-23(33)14-20)28(36-30(39)40)29(38)35-26-5-1-3-18(26)8-11-25-16-34-24-4-2-12-43(41,42)37(25)17-24/h6-7,9-10,13-15,18,24-28,34,36H,1-5,8,11-12,16-17H2,(H,35,38)(H,39,40)/t18-,24-,25+,26+,27?,28?/m1/s1. The van der Waals surface area contributed by atoms with E-state index in [0.29, 0.717) is 50.4 Å². The fourth-order valence-corrected chi connectivity index (χ4v) is 8.74. The number of halogens is 3. The van der Waals surface area contributed by atoms with Crippen molar-refractivity contribution >= 4 is 22.0 Å². The van der Waals surface area contributed by atoms with E-state index in [9.17, 15) is 36.3 Å². The minimum Gasteiger partial charge on any atom is -0.465 e. The number of nitrogens with one attached hydrogen (secondary N) is 3. The Morgan fingerprint density at radius 1 is 0.953 bits per heavy atom. The summed E-state index contributed by atoms with van der Waals surface area (Å²) in [5, 5.41) is 18.3. The van der Waals surface area contributed by atoms with Crippen molar-refractivity contribution in [3.8, 4) is 0 Å². The SMILES string of the molecule is O=C(O)NC(C(=O)N[C@H]1CCC[C@@H]1CC[C@H]1CN[C@@H]2CCCS(=O)(=O)N1C2)C(c1ccc(F)cc1)c1cc(F)cc(F)c1. The first-order chi connectivity index (χ1) is 20.5. The molecule has 0 spiro atoms. The predicted molar refractivity (Wildman–Crippen MR) is 153 cm³/mol. The molecule has 0 aromatic heterocycles. The number of fused-ring (bicyclic) bond motifs is 2. The zero-order valence-electron chi connectivity index (χ0n) is 23.6. The maximum atomic E-state index is 14.3. The Morgan fingerprint density at radius 3 is 2.37 bits per heavy atom. The van der Waals surface area contributed by atoms with Crippen molar-refractivity contribution in [1.29, 1.82) is 0 Å². The minimum absolute atomic E-state index is 0.0164. The van der Waals surface area contributed by atoms with Crippen LogP contribution >= 0.6 is 0 Å². The third-order valence-corrected chi connectivity index (χ3v) is 11.0. The van der Waals surface area contributed by atoms with Crippen LogP contribution in [0.15, 0.2) is 42.5 Å². The lowest BCUT2D eigenvalue weighted by Gasteiger charge is -2.38. The van der Waals surface area contributed by atoms with Crippen molar-refractivity contribution in [3.05, 3.63) is 71.0 Å². The van der Waals surface area contributed by atoms with Crippen molar-refractivity contribution < 1.29 is 36.3 Å². The molecular weight excluding hydrogens is 585 g/mol. The lowest BCUT2D eigenvalue weighted by molar-refractivity contribution is -0.124. The fraction of sp³-hybridized carbons (Fsp3) is 0.533. The number of carbonyl (C=O) groups excluding carboxylic acids is 1. The van der Waals surface area contributed by atoms with E-state index < -0.39 is 51.4 Å². The van der Waals surface area contributed by atoms with Gasteiger partial charge in [-0.25, -0.2) is 26.4 Å². The van der Waals surface area contributed by atoms with Crippen LogP contribution in [0, 0.1) is 23.4 Å². The number of hydrogen-bond acceptors (Lipinski definition) is 5. The van der Waals surface area contributed by atoms with E-state index in [2.05, 4.69) is 16.0 Å².